The molecule has 0 saturated carbocycles. The Bertz CT molecular complexity index is 371. The lowest BCUT2D eigenvalue weighted by atomic mass is 10.6. The van der Waals surface area contributed by atoms with Crippen molar-refractivity contribution in [2.24, 2.45) is 0 Å². The van der Waals surface area contributed by atoms with E-state index in [2.05, 4.69) is 20.0 Å². The zero-order valence-electron chi connectivity index (χ0n) is 7.19. The first kappa shape index (κ1) is 12.1. The molecular weight excluding hydrogens is 258 g/mol. The van der Waals surface area contributed by atoms with Gasteiger partial charge in [0.2, 0.25) is 11.8 Å². The van der Waals surface area contributed by atoms with E-state index in [0.717, 1.165) is 0 Å². The van der Waals surface area contributed by atoms with Crippen LogP contribution >= 0.6 is 23.2 Å². The van der Waals surface area contributed by atoms with Crippen LogP contribution in [0, 0.1) is 0 Å². The molecule has 0 atom stereocenters. The van der Waals surface area contributed by atoms with Crippen LogP contribution in [0.25, 0.3) is 0 Å². The van der Waals surface area contributed by atoms with Crippen LogP contribution < -0.4 is 10.1 Å². The summed E-state index contributed by atoms with van der Waals surface area (Å²) < 4.78 is 39.2. The SMILES string of the molecule is CNc1nc(Cl)c(Cl)c(OC(F)(F)F)n1. The number of ether oxygens (including phenoxy) is 1. The van der Waals surface area contributed by atoms with E-state index < -0.39 is 17.3 Å². The monoisotopic (exact) mass is 261 g/mol. The molecule has 0 amide bonds. The van der Waals surface area contributed by atoms with Crippen molar-refractivity contribution in [3.63, 3.8) is 0 Å². The molecule has 0 fully saturated rings. The second-order valence-corrected chi connectivity index (χ2v) is 2.99. The number of halogens is 5. The smallest absolute Gasteiger partial charge is 0.386 e. The van der Waals surface area contributed by atoms with Gasteiger partial charge in [0, 0.05) is 7.05 Å². The third-order valence-electron chi connectivity index (χ3n) is 1.22. The van der Waals surface area contributed by atoms with Gasteiger partial charge in [0.15, 0.2) is 5.15 Å². The highest BCUT2D eigenvalue weighted by Crippen LogP contribution is 2.33. The molecule has 1 aromatic rings. The Labute approximate surface area is 92.4 Å². The number of anilines is 1. The summed E-state index contributed by atoms with van der Waals surface area (Å²) in [5.74, 6) is -0.961. The van der Waals surface area contributed by atoms with Gasteiger partial charge >= 0.3 is 6.36 Å². The van der Waals surface area contributed by atoms with Crippen molar-refractivity contribution >= 4 is 29.2 Å². The summed E-state index contributed by atoms with van der Waals surface area (Å²) in [6.07, 6.45) is -4.88. The van der Waals surface area contributed by atoms with Crippen LogP contribution in [0.3, 0.4) is 0 Å². The van der Waals surface area contributed by atoms with Crippen molar-refractivity contribution < 1.29 is 17.9 Å². The molecule has 1 aromatic heterocycles. The van der Waals surface area contributed by atoms with E-state index in [1.54, 1.807) is 0 Å². The van der Waals surface area contributed by atoms with Gasteiger partial charge in [-0.15, -0.1) is 13.2 Å². The highest BCUT2D eigenvalue weighted by molar-refractivity contribution is 6.42. The van der Waals surface area contributed by atoms with Crippen molar-refractivity contribution in [2.75, 3.05) is 12.4 Å². The van der Waals surface area contributed by atoms with E-state index >= 15 is 0 Å². The van der Waals surface area contributed by atoms with Gasteiger partial charge in [0.25, 0.3) is 0 Å². The van der Waals surface area contributed by atoms with E-state index in [0.29, 0.717) is 0 Å². The van der Waals surface area contributed by atoms with Gasteiger partial charge in [0.1, 0.15) is 5.02 Å². The maximum atomic E-state index is 11.9. The summed E-state index contributed by atoms with van der Waals surface area (Å²) in [5, 5.41) is 1.59. The molecule has 0 saturated heterocycles. The summed E-state index contributed by atoms with van der Waals surface area (Å²) in [6.45, 7) is 0. The highest BCUT2D eigenvalue weighted by Gasteiger charge is 2.33. The van der Waals surface area contributed by atoms with Gasteiger partial charge in [-0.05, 0) is 0 Å². The first-order valence-electron chi connectivity index (χ1n) is 3.50. The normalized spacial score (nSPS) is 11.3. The fourth-order valence-corrected chi connectivity index (χ4v) is 0.974. The maximum absolute atomic E-state index is 11.9. The Hall–Kier alpha value is -0.950. The lowest BCUT2D eigenvalue weighted by Gasteiger charge is -2.10. The highest BCUT2D eigenvalue weighted by atomic mass is 35.5. The van der Waals surface area contributed by atoms with Crippen LogP contribution in [0.5, 0.6) is 5.88 Å². The topological polar surface area (TPSA) is 47.0 Å². The molecule has 15 heavy (non-hydrogen) atoms. The van der Waals surface area contributed by atoms with Gasteiger partial charge < -0.3 is 10.1 Å². The Balaban J connectivity index is 3.11. The Morgan fingerprint density at radius 1 is 1.27 bits per heavy atom. The molecule has 0 radical (unpaired) electrons. The quantitative estimate of drug-likeness (QED) is 0.832. The molecule has 84 valence electrons. The Morgan fingerprint density at radius 3 is 2.33 bits per heavy atom. The average Bonchev–Trinajstić information content (AvgIpc) is 2.10. The molecule has 0 bridgehead atoms. The zero-order valence-corrected chi connectivity index (χ0v) is 8.70. The predicted octanol–water partition coefficient (Wildman–Crippen LogP) is 2.72. The third kappa shape index (κ3) is 3.28. The Kier molecular flexibility index (Phi) is 3.46. The molecule has 1 N–H and O–H groups in total. The summed E-state index contributed by atoms with van der Waals surface area (Å²) in [6, 6.07) is 0. The molecule has 0 aliphatic carbocycles. The minimum atomic E-state index is -4.88. The summed E-state index contributed by atoms with van der Waals surface area (Å²) >= 11 is 10.9. The van der Waals surface area contributed by atoms with Crippen LogP contribution in [0.2, 0.25) is 10.2 Å². The number of nitrogens with one attached hydrogen (secondary N) is 1. The van der Waals surface area contributed by atoms with Crippen LogP contribution in [0.15, 0.2) is 0 Å². The molecule has 9 heteroatoms. The van der Waals surface area contributed by atoms with Gasteiger partial charge in [-0.2, -0.15) is 9.97 Å². The average molecular weight is 262 g/mol. The van der Waals surface area contributed by atoms with E-state index in [9.17, 15) is 13.2 Å². The van der Waals surface area contributed by atoms with Gasteiger partial charge in [-0.3, -0.25) is 0 Å². The Morgan fingerprint density at radius 2 is 1.87 bits per heavy atom. The summed E-state index contributed by atoms with van der Waals surface area (Å²) in [7, 11) is 1.41. The van der Waals surface area contributed by atoms with Crippen molar-refractivity contribution in [1.29, 1.82) is 0 Å². The van der Waals surface area contributed by atoms with E-state index in [1.165, 1.54) is 7.05 Å². The largest absolute Gasteiger partial charge is 0.574 e. The van der Waals surface area contributed by atoms with Gasteiger partial charge in [-0.1, -0.05) is 23.2 Å². The molecular formula is C6H4Cl2F3N3O. The minimum absolute atomic E-state index is 0.122. The molecule has 4 nitrogen and oxygen atoms in total. The number of alkyl halides is 3. The lowest BCUT2D eigenvalue weighted by molar-refractivity contribution is -0.276. The van der Waals surface area contributed by atoms with Gasteiger partial charge in [0.05, 0.1) is 0 Å². The molecule has 1 heterocycles. The summed E-state index contributed by atoms with van der Waals surface area (Å²) in [4.78, 5) is 6.90. The van der Waals surface area contributed by atoms with E-state index in [4.69, 9.17) is 23.2 Å². The molecule has 0 aliphatic heterocycles. The van der Waals surface area contributed by atoms with E-state index in [1.807, 2.05) is 0 Å². The van der Waals surface area contributed by atoms with Crippen molar-refractivity contribution in [1.82, 2.24) is 9.97 Å². The van der Waals surface area contributed by atoms with Crippen LogP contribution in [-0.2, 0) is 0 Å². The van der Waals surface area contributed by atoms with E-state index in [-0.39, 0.29) is 11.1 Å². The minimum Gasteiger partial charge on any atom is -0.386 e. The van der Waals surface area contributed by atoms with Gasteiger partial charge in [-0.25, -0.2) is 0 Å². The van der Waals surface area contributed by atoms with Crippen molar-refractivity contribution in [3.8, 4) is 5.88 Å². The first-order chi connectivity index (χ1) is 6.83. The summed E-state index contributed by atoms with van der Waals surface area (Å²) in [5.41, 5.74) is 0. The number of hydrogen-bond donors (Lipinski definition) is 1. The standard InChI is InChI=1S/C6H4Cl2F3N3O/c1-12-5-13-3(8)2(7)4(14-5)15-6(9,10)11/h1H3,(H,12,13,14). The molecule has 0 aliphatic rings. The second kappa shape index (κ2) is 4.28. The number of nitrogens with zero attached hydrogens (tertiary/aromatic N) is 2. The fourth-order valence-electron chi connectivity index (χ4n) is 0.690. The first-order valence-corrected chi connectivity index (χ1v) is 4.25. The number of hydrogen-bond acceptors (Lipinski definition) is 4. The third-order valence-corrected chi connectivity index (χ3v) is 1.93. The van der Waals surface area contributed by atoms with Crippen molar-refractivity contribution in [3.05, 3.63) is 10.2 Å². The fraction of sp³-hybridized carbons (Fsp3) is 0.333. The second-order valence-electron chi connectivity index (χ2n) is 2.25. The predicted molar refractivity (Wildman–Crippen MR) is 48.3 cm³/mol. The zero-order chi connectivity index (χ0) is 11.6. The van der Waals surface area contributed by atoms with Crippen LogP contribution in [-0.4, -0.2) is 23.4 Å². The van der Waals surface area contributed by atoms with Crippen LogP contribution in [0.1, 0.15) is 0 Å². The number of aromatic nitrogens is 2. The molecule has 0 spiro atoms. The number of rotatable bonds is 2. The van der Waals surface area contributed by atoms with Crippen molar-refractivity contribution in [2.45, 2.75) is 6.36 Å². The lowest BCUT2D eigenvalue weighted by Crippen LogP contribution is -2.18. The molecule has 0 unspecified atom stereocenters. The van der Waals surface area contributed by atoms with Crippen LogP contribution in [0.4, 0.5) is 19.1 Å². The molecule has 1 rings (SSSR count). The maximum Gasteiger partial charge on any atom is 0.574 e. The molecule has 0 aromatic carbocycles.